The Morgan fingerprint density at radius 1 is 1.88 bits per heavy atom. The highest BCUT2D eigenvalue weighted by atomic mass is 35.5. The van der Waals surface area contributed by atoms with Crippen LogP contribution in [-0.4, -0.2) is 23.0 Å². The maximum absolute atomic E-state index is 9.72. The van der Waals surface area contributed by atoms with Gasteiger partial charge in [0, 0.05) is 5.88 Å². The molecular formula is C3H7Cl2NO2. The van der Waals surface area contributed by atoms with Crippen LogP contribution in [0.2, 0.25) is 0 Å². The minimum absolute atomic E-state index is 0. The van der Waals surface area contributed by atoms with Crippen LogP contribution in [0.4, 0.5) is 0 Å². The Bertz CT molecular complexity index is 77.7. The van der Waals surface area contributed by atoms with Gasteiger partial charge in [0.1, 0.15) is 6.04 Å². The quantitative estimate of drug-likeness (QED) is 0.561. The minimum Gasteiger partial charge on any atom is -0.480 e. The van der Waals surface area contributed by atoms with Crippen LogP contribution < -0.4 is 5.73 Å². The maximum atomic E-state index is 9.72. The van der Waals surface area contributed by atoms with Gasteiger partial charge in [0.2, 0.25) is 0 Å². The molecule has 0 spiro atoms. The van der Waals surface area contributed by atoms with Crippen molar-refractivity contribution >= 4 is 30.0 Å². The number of carbonyl (C=O) groups is 1. The molecule has 0 aromatic rings. The van der Waals surface area contributed by atoms with Crippen LogP contribution in [0.25, 0.3) is 0 Å². The first kappa shape index (κ1) is 10.9. The van der Waals surface area contributed by atoms with Crippen molar-refractivity contribution in [2.75, 3.05) is 5.88 Å². The zero-order valence-electron chi connectivity index (χ0n) is 4.00. The van der Waals surface area contributed by atoms with Gasteiger partial charge in [0.15, 0.2) is 0 Å². The molecule has 3 nitrogen and oxygen atoms in total. The van der Waals surface area contributed by atoms with Crippen LogP contribution in [0.1, 0.15) is 0 Å². The third-order valence-electron chi connectivity index (χ3n) is 0.483. The number of alkyl halides is 1. The molecule has 0 radical (unpaired) electrons. The van der Waals surface area contributed by atoms with Crippen LogP contribution in [-0.2, 0) is 4.79 Å². The van der Waals surface area contributed by atoms with Gasteiger partial charge in [0.25, 0.3) is 0 Å². The molecule has 8 heavy (non-hydrogen) atoms. The lowest BCUT2D eigenvalue weighted by Crippen LogP contribution is -2.31. The molecule has 0 aliphatic carbocycles. The molecule has 5 heteroatoms. The monoisotopic (exact) mass is 159 g/mol. The molecule has 0 fully saturated rings. The van der Waals surface area contributed by atoms with E-state index in [1.807, 2.05) is 0 Å². The summed E-state index contributed by atoms with van der Waals surface area (Å²) in [5, 5.41) is 7.97. The van der Waals surface area contributed by atoms with Crippen LogP contribution in [0.15, 0.2) is 0 Å². The lowest BCUT2D eigenvalue weighted by molar-refractivity contribution is -0.137. The summed E-state index contributed by atoms with van der Waals surface area (Å²) in [6.45, 7) is 0. The van der Waals surface area contributed by atoms with Crippen LogP contribution >= 0.6 is 24.0 Å². The van der Waals surface area contributed by atoms with Crippen molar-refractivity contribution in [2.45, 2.75) is 6.04 Å². The van der Waals surface area contributed by atoms with Crippen molar-refractivity contribution < 1.29 is 9.90 Å². The van der Waals surface area contributed by atoms with Crippen LogP contribution in [0, 0.1) is 0 Å². The third kappa shape index (κ3) is 4.18. The number of aliphatic carboxylic acids is 1. The summed E-state index contributed by atoms with van der Waals surface area (Å²) < 4.78 is 0. The van der Waals surface area contributed by atoms with Gasteiger partial charge >= 0.3 is 5.97 Å². The molecule has 0 rings (SSSR count). The first-order valence-corrected chi connectivity index (χ1v) is 2.26. The molecule has 0 heterocycles. The van der Waals surface area contributed by atoms with Crippen molar-refractivity contribution in [3.05, 3.63) is 0 Å². The average Bonchev–Trinajstić information content (AvgIpc) is 1.65. The number of nitrogens with two attached hydrogens (primary N) is 1. The lowest BCUT2D eigenvalue weighted by Gasteiger charge is -1.95. The molecule has 0 saturated heterocycles. The van der Waals surface area contributed by atoms with E-state index in [1.165, 1.54) is 0 Å². The molecule has 0 saturated carbocycles. The largest absolute Gasteiger partial charge is 0.480 e. The molecule has 0 aliphatic rings. The Morgan fingerprint density at radius 2 is 2.25 bits per heavy atom. The summed E-state index contributed by atoms with van der Waals surface area (Å²) in [7, 11) is 0. The molecule has 50 valence electrons. The molecule has 0 bridgehead atoms. The SMILES string of the molecule is Cl.N[C@H](CCl)C(=O)O. The fourth-order valence-electron chi connectivity index (χ4n) is 0.0660. The number of carboxylic acid groups (broad SMARTS) is 1. The number of halogens is 2. The first-order chi connectivity index (χ1) is 3.18. The first-order valence-electron chi connectivity index (χ1n) is 1.73. The third-order valence-corrected chi connectivity index (χ3v) is 0.816. The van der Waals surface area contributed by atoms with E-state index in [-0.39, 0.29) is 18.3 Å². The van der Waals surface area contributed by atoms with Gasteiger partial charge in [-0.3, -0.25) is 4.79 Å². The summed E-state index contributed by atoms with van der Waals surface area (Å²) in [5.74, 6) is -1.09. The standard InChI is InChI=1S/C3H6ClNO2.ClH/c4-1-2(5)3(6)7;/h2H,1,5H2,(H,6,7);1H/t2-;/m1./s1. The van der Waals surface area contributed by atoms with E-state index < -0.39 is 12.0 Å². The summed E-state index contributed by atoms with van der Waals surface area (Å²) in [5.41, 5.74) is 4.88. The van der Waals surface area contributed by atoms with Crippen LogP contribution in [0.5, 0.6) is 0 Å². The molecule has 0 aromatic heterocycles. The van der Waals surface area contributed by atoms with Gasteiger partial charge in [-0.25, -0.2) is 0 Å². The second kappa shape index (κ2) is 5.15. The topological polar surface area (TPSA) is 63.3 Å². The number of rotatable bonds is 2. The van der Waals surface area contributed by atoms with Crippen molar-refractivity contribution in [3.8, 4) is 0 Å². The molecule has 0 aromatic carbocycles. The lowest BCUT2D eigenvalue weighted by atomic mass is 10.4. The molecule has 3 N–H and O–H groups in total. The fourth-order valence-corrected chi connectivity index (χ4v) is 0.198. The van der Waals surface area contributed by atoms with Gasteiger partial charge in [-0.15, -0.1) is 24.0 Å². The average molecular weight is 160 g/mol. The zero-order chi connectivity index (χ0) is 5.86. The van der Waals surface area contributed by atoms with E-state index >= 15 is 0 Å². The van der Waals surface area contributed by atoms with Gasteiger partial charge in [-0.2, -0.15) is 0 Å². The highest BCUT2D eigenvalue weighted by Crippen LogP contribution is 1.80. The Balaban J connectivity index is 0. The normalized spacial score (nSPS) is 11.8. The smallest absolute Gasteiger partial charge is 0.321 e. The highest BCUT2D eigenvalue weighted by Gasteiger charge is 2.07. The zero-order valence-corrected chi connectivity index (χ0v) is 5.58. The van der Waals surface area contributed by atoms with Crippen LogP contribution in [0.3, 0.4) is 0 Å². The second-order valence-corrected chi connectivity index (χ2v) is 1.41. The van der Waals surface area contributed by atoms with Crippen molar-refractivity contribution in [1.29, 1.82) is 0 Å². The van der Waals surface area contributed by atoms with E-state index in [1.54, 1.807) is 0 Å². The highest BCUT2D eigenvalue weighted by molar-refractivity contribution is 6.19. The predicted octanol–water partition coefficient (Wildman–Crippen LogP) is 0.0589. The predicted molar refractivity (Wildman–Crippen MR) is 33.6 cm³/mol. The van der Waals surface area contributed by atoms with E-state index in [9.17, 15) is 4.79 Å². The summed E-state index contributed by atoms with van der Waals surface area (Å²) in [6, 6.07) is -0.915. The second-order valence-electron chi connectivity index (χ2n) is 1.10. The Hall–Kier alpha value is 0.01000. The maximum Gasteiger partial charge on any atom is 0.321 e. The summed E-state index contributed by atoms with van der Waals surface area (Å²) >= 11 is 5.04. The van der Waals surface area contributed by atoms with E-state index in [0.29, 0.717) is 0 Å². The van der Waals surface area contributed by atoms with E-state index in [4.69, 9.17) is 22.4 Å². The Kier molecular flexibility index (Phi) is 7.02. The summed E-state index contributed by atoms with van der Waals surface area (Å²) in [4.78, 5) is 9.72. The fraction of sp³-hybridized carbons (Fsp3) is 0.667. The van der Waals surface area contributed by atoms with Gasteiger partial charge in [-0.1, -0.05) is 0 Å². The molecule has 1 atom stereocenters. The van der Waals surface area contributed by atoms with E-state index in [2.05, 4.69) is 0 Å². The van der Waals surface area contributed by atoms with Gasteiger partial charge < -0.3 is 10.8 Å². The van der Waals surface area contributed by atoms with Gasteiger partial charge in [-0.05, 0) is 0 Å². The molecule has 0 unspecified atom stereocenters. The Labute approximate surface area is 58.2 Å². The molecule has 0 aliphatic heterocycles. The molecule has 0 amide bonds. The number of hydrogen-bond acceptors (Lipinski definition) is 2. The number of hydrogen-bond donors (Lipinski definition) is 2. The van der Waals surface area contributed by atoms with Crippen molar-refractivity contribution in [3.63, 3.8) is 0 Å². The number of carboxylic acids is 1. The minimum atomic E-state index is -1.06. The molecular weight excluding hydrogens is 153 g/mol. The van der Waals surface area contributed by atoms with E-state index in [0.717, 1.165) is 0 Å². The summed E-state index contributed by atoms with van der Waals surface area (Å²) in [6.07, 6.45) is 0. The Morgan fingerprint density at radius 3 is 2.25 bits per heavy atom. The van der Waals surface area contributed by atoms with Crippen molar-refractivity contribution in [2.24, 2.45) is 5.73 Å². The van der Waals surface area contributed by atoms with Crippen molar-refractivity contribution in [1.82, 2.24) is 0 Å². The van der Waals surface area contributed by atoms with Gasteiger partial charge in [0.05, 0.1) is 0 Å².